The molecule has 156 valence electrons. The number of H-pyrrole nitrogens is 1. The van der Waals surface area contributed by atoms with E-state index in [1.165, 1.54) is 0 Å². The highest BCUT2D eigenvalue weighted by atomic mass is 35.5. The molecule has 2 saturated heterocycles. The molecule has 0 aliphatic carbocycles. The van der Waals surface area contributed by atoms with Gasteiger partial charge in [-0.25, -0.2) is 9.78 Å². The van der Waals surface area contributed by atoms with Crippen molar-refractivity contribution in [1.29, 1.82) is 0 Å². The highest BCUT2D eigenvalue weighted by molar-refractivity contribution is 6.33. The number of likely N-dealkylation sites (tertiary alicyclic amines) is 1. The van der Waals surface area contributed by atoms with Crippen molar-refractivity contribution in [3.05, 3.63) is 57.6 Å². The zero-order valence-electron chi connectivity index (χ0n) is 16.7. The minimum Gasteiger partial charge on any atom is -0.355 e. The molecule has 0 bridgehead atoms. The molecule has 2 aliphatic rings. The summed E-state index contributed by atoms with van der Waals surface area (Å²) < 4.78 is 1.87. The Morgan fingerprint density at radius 2 is 1.83 bits per heavy atom. The third-order valence-corrected chi connectivity index (χ3v) is 6.49. The van der Waals surface area contributed by atoms with Crippen LogP contribution in [0.15, 0.2) is 41.3 Å². The Morgan fingerprint density at radius 1 is 1.10 bits per heavy atom. The summed E-state index contributed by atoms with van der Waals surface area (Å²) in [7, 11) is 0. The van der Waals surface area contributed by atoms with Crippen LogP contribution in [0.2, 0.25) is 5.02 Å². The molecule has 0 saturated carbocycles. The van der Waals surface area contributed by atoms with E-state index in [9.17, 15) is 9.59 Å². The maximum absolute atomic E-state index is 12.6. The van der Waals surface area contributed by atoms with Crippen LogP contribution in [0.4, 0.5) is 5.82 Å². The second-order valence-corrected chi connectivity index (χ2v) is 8.47. The number of hydrogen-bond donors (Lipinski definition) is 1. The van der Waals surface area contributed by atoms with E-state index in [-0.39, 0.29) is 17.6 Å². The number of carbonyl (C=O) groups excluding carboxylic acids is 1. The van der Waals surface area contributed by atoms with Crippen LogP contribution in [0.1, 0.15) is 42.1 Å². The van der Waals surface area contributed by atoms with E-state index in [0.29, 0.717) is 16.4 Å². The summed E-state index contributed by atoms with van der Waals surface area (Å²) in [6, 6.07) is 9.67. The molecule has 5 rings (SSSR count). The van der Waals surface area contributed by atoms with Crippen molar-refractivity contribution >= 4 is 34.4 Å². The zero-order valence-corrected chi connectivity index (χ0v) is 17.4. The third-order valence-electron chi connectivity index (χ3n) is 6.22. The highest BCUT2D eigenvalue weighted by Gasteiger charge is 2.26. The molecule has 4 heterocycles. The maximum Gasteiger partial charge on any atom is 0.326 e. The second-order valence-electron chi connectivity index (χ2n) is 8.06. The van der Waals surface area contributed by atoms with Crippen molar-refractivity contribution < 1.29 is 4.79 Å². The molecule has 2 fully saturated rings. The van der Waals surface area contributed by atoms with E-state index in [0.717, 1.165) is 62.9 Å². The van der Waals surface area contributed by atoms with E-state index in [4.69, 9.17) is 11.6 Å². The number of aromatic nitrogens is 3. The Kier molecular flexibility index (Phi) is 4.98. The number of anilines is 1. The number of carbonyl (C=O) groups is 1. The lowest BCUT2D eigenvalue weighted by atomic mass is 10.0. The van der Waals surface area contributed by atoms with E-state index in [2.05, 4.69) is 14.9 Å². The summed E-state index contributed by atoms with van der Waals surface area (Å²) >= 11 is 6.52. The first-order chi connectivity index (χ1) is 14.6. The van der Waals surface area contributed by atoms with Crippen LogP contribution < -0.4 is 10.6 Å². The molecular weight excluding hydrogens is 402 g/mol. The van der Waals surface area contributed by atoms with Gasteiger partial charge in [-0.15, -0.1) is 0 Å². The Hall–Kier alpha value is -2.80. The molecule has 2 aliphatic heterocycles. The van der Waals surface area contributed by atoms with E-state index in [1.54, 1.807) is 12.3 Å². The van der Waals surface area contributed by atoms with Crippen LogP contribution in [-0.2, 0) is 0 Å². The van der Waals surface area contributed by atoms with Crippen molar-refractivity contribution in [2.75, 3.05) is 31.1 Å². The number of piperidine rings is 1. The van der Waals surface area contributed by atoms with Gasteiger partial charge in [-0.2, -0.15) is 0 Å². The number of benzene rings is 1. The van der Waals surface area contributed by atoms with Crippen LogP contribution in [0.5, 0.6) is 0 Å². The minimum absolute atomic E-state index is 0.00543. The van der Waals surface area contributed by atoms with Gasteiger partial charge in [0.1, 0.15) is 5.82 Å². The van der Waals surface area contributed by atoms with E-state index >= 15 is 0 Å². The molecule has 2 aromatic heterocycles. The molecule has 1 aromatic carbocycles. The number of hydrogen-bond acceptors (Lipinski definition) is 4. The molecule has 30 heavy (non-hydrogen) atoms. The smallest absolute Gasteiger partial charge is 0.326 e. The molecule has 0 radical (unpaired) electrons. The Bertz CT molecular complexity index is 1140. The molecule has 0 unspecified atom stereocenters. The van der Waals surface area contributed by atoms with Crippen LogP contribution in [0.25, 0.3) is 11.0 Å². The number of nitrogens with zero attached hydrogens (tertiary/aromatic N) is 4. The Labute approximate surface area is 179 Å². The largest absolute Gasteiger partial charge is 0.355 e. The molecular formula is C22H24ClN5O2. The van der Waals surface area contributed by atoms with Crippen LogP contribution >= 0.6 is 11.6 Å². The quantitative estimate of drug-likeness (QED) is 0.697. The van der Waals surface area contributed by atoms with Crippen molar-refractivity contribution in [2.45, 2.75) is 31.7 Å². The van der Waals surface area contributed by atoms with Gasteiger partial charge in [0.2, 0.25) is 0 Å². The second kappa shape index (κ2) is 7.80. The predicted molar refractivity (Wildman–Crippen MR) is 117 cm³/mol. The number of imidazole rings is 1. The molecule has 7 nitrogen and oxygen atoms in total. The van der Waals surface area contributed by atoms with Gasteiger partial charge in [-0.1, -0.05) is 23.7 Å². The summed E-state index contributed by atoms with van der Waals surface area (Å²) in [6.45, 7) is 3.11. The number of amides is 1. The van der Waals surface area contributed by atoms with Gasteiger partial charge in [0.05, 0.1) is 21.6 Å². The number of aromatic amines is 1. The lowest BCUT2D eigenvalue weighted by molar-refractivity contribution is 0.0792. The first-order valence-electron chi connectivity index (χ1n) is 10.5. The van der Waals surface area contributed by atoms with Gasteiger partial charge in [-0.3, -0.25) is 9.36 Å². The molecule has 0 spiro atoms. The van der Waals surface area contributed by atoms with Gasteiger partial charge < -0.3 is 14.8 Å². The average Bonchev–Trinajstić information content (AvgIpc) is 3.41. The summed E-state index contributed by atoms with van der Waals surface area (Å²) in [5, 5.41) is 0.503. The van der Waals surface area contributed by atoms with Crippen molar-refractivity contribution in [1.82, 2.24) is 19.4 Å². The lowest BCUT2D eigenvalue weighted by Gasteiger charge is -2.33. The third kappa shape index (κ3) is 3.37. The Morgan fingerprint density at radius 3 is 2.57 bits per heavy atom. The van der Waals surface area contributed by atoms with E-state index in [1.807, 2.05) is 33.7 Å². The number of fused-ring (bicyclic) bond motifs is 1. The zero-order chi connectivity index (χ0) is 20.7. The summed E-state index contributed by atoms with van der Waals surface area (Å²) in [5.41, 5.74) is 2.30. The van der Waals surface area contributed by atoms with Crippen LogP contribution in [0.3, 0.4) is 0 Å². The van der Waals surface area contributed by atoms with E-state index < -0.39 is 0 Å². The number of halogens is 1. The lowest BCUT2D eigenvalue weighted by Crippen LogP contribution is -2.37. The Balaban J connectivity index is 1.31. The average molecular weight is 426 g/mol. The van der Waals surface area contributed by atoms with Gasteiger partial charge in [0.25, 0.3) is 5.91 Å². The monoisotopic (exact) mass is 425 g/mol. The maximum atomic E-state index is 12.6. The van der Waals surface area contributed by atoms with Gasteiger partial charge >= 0.3 is 5.69 Å². The first kappa shape index (κ1) is 19.2. The van der Waals surface area contributed by atoms with Crippen molar-refractivity contribution in [3.8, 4) is 0 Å². The number of pyridine rings is 1. The fourth-order valence-electron chi connectivity index (χ4n) is 4.66. The number of rotatable bonds is 3. The normalized spacial score (nSPS) is 17.8. The van der Waals surface area contributed by atoms with Crippen LogP contribution in [0, 0.1) is 0 Å². The summed E-state index contributed by atoms with van der Waals surface area (Å²) in [4.78, 5) is 36.5. The van der Waals surface area contributed by atoms with Crippen LogP contribution in [-0.4, -0.2) is 51.5 Å². The fourth-order valence-corrected chi connectivity index (χ4v) is 4.94. The minimum atomic E-state index is -0.0596. The molecule has 8 heteroatoms. The molecule has 1 amide bonds. The van der Waals surface area contributed by atoms with Gasteiger partial charge in [0.15, 0.2) is 0 Å². The number of para-hydroxylation sites is 2. The summed E-state index contributed by atoms with van der Waals surface area (Å²) in [5.74, 6) is 0.713. The van der Waals surface area contributed by atoms with Crippen molar-refractivity contribution in [3.63, 3.8) is 0 Å². The molecule has 1 N–H and O–H groups in total. The first-order valence-corrected chi connectivity index (χ1v) is 10.9. The number of nitrogens with one attached hydrogen (secondary N) is 1. The predicted octanol–water partition coefficient (Wildman–Crippen LogP) is 3.46. The standard InChI is InChI=1S/C22H24ClN5O2/c23-17-13-15(21(29)27-9-3-4-10-27)14-24-20(17)26-11-7-16(8-12-26)28-19-6-2-1-5-18(19)25-22(28)30/h1-2,5-6,13-14,16H,3-4,7-12H2,(H,25,30). The molecule has 3 aromatic rings. The summed E-state index contributed by atoms with van der Waals surface area (Å²) in [6.07, 6.45) is 5.40. The van der Waals surface area contributed by atoms with Gasteiger partial charge in [0, 0.05) is 38.4 Å². The van der Waals surface area contributed by atoms with Crippen molar-refractivity contribution in [2.24, 2.45) is 0 Å². The fraction of sp³-hybridized carbons (Fsp3) is 0.409. The highest BCUT2D eigenvalue weighted by Crippen LogP contribution is 2.31. The molecule has 0 atom stereocenters. The SMILES string of the molecule is O=C(c1cnc(N2CCC(n3c(=O)[nH]c4ccccc43)CC2)c(Cl)c1)N1CCCC1. The topological polar surface area (TPSA) is 74.2 Å². The van der Waals surface area contributed by atoms with Gasteiger partial charge in [-0.05, 0) is 43.9 Å².